The van der Waals surface area contributed by atoms with Gasteiger partial charge in [0.1, 0.15) is 0 Å². The van der Waals surface area contributed by atoms with E-state index in [1.165, 1.54) is 16.7 Å². The molecule has 36 heavy (non-hydrogen) atoms. The third kappa shape index (κ3) is 9.66. The summed E-state index contributed by atoms with van der Waals surface area (Å²) in [5.74, 6) is 0.920. The molecule has 0 bridgehead atoms. The molecule has 2 aromatic rings. The minimum absolute atomic E-state index is 0.0459. The van der Waals surface area contributed by atoms with E-state index in [1.54, 1.807) is 14.2 Å². The first kappa shape index (κ1) is 29.4. The number of esters is 1. The SMILES string of the molecule is COCOc1ccc(CNC(=S)OCC(COC(=O)C(C)(C)C)Cc2ccc(C)c(C)c2)cc1OC. The molecule has 0 aliphatic carbocycles. The number of aryl methyl sites for hydroxylation is 2. The van der Waals surface area contributed by atoms with E-state index in [0.717, 1.165) is 5.56 Å². The van der Waals surface area contributed by atoms with Gasteiger partial charge in [-0.25, -0.2) is 0 Å². The van der Waals surface area contributed by atoms with Gasteiger partial charge in [-0.05, 0) is 87.6 Å². The van der Waals surface area contributed by atoms with Crippen molar-refractivity contribution in [2.24, 2.45) is 11.3 Å². The first-order chi connectivity index (χ1) is 17.0. The lowest BCUT2D eigenvalue weighted by molar-refractivity contribution is -0.154. The molecule has 0 aromatic heterocycles. The van der Waals surface area contributed by atoms with E-state index >= 15 is 0 Å². The summed E-state index contributed by atoms with van der Waals surface area (Å²) in [6.45, 7) is 10.9. The van der Waals surface area contributed by atoms with Crippen LogP contribution in [0.1, 0.15) is 43.0 Å². The average Bonchev–Trinajstić information content (AvgIpc) is 2.84. The van der Waals surface area contributed by atoms with Gasteiger partial charge in [-0.3, -0.25) is 4.79 Å². The molecule has 1 atom stereocenters. The molecule has 0 saturated heterocycles. The number of rotatable bonds is 12. The smallest absolute Gasteiger partial charge is 0.311 e. The molecule has 7 nitrogen and oxygen atoms in total. The number of ether oxygens (including phenoxy) is 5. The zero-order valence-corrected chi connectivity index (χ0v) is 23.3. The molecule has 1 N–H and O–H groups in total. The van der Waals surface area contributed by atoms with E-state index in [-0.39, 0.29) is 30.5 Å². The molecule has 8 heteroatoms. The molecule has 198 valence electrons. The molecule has 0 spiro atoms. The van der Waals surface area contributed by atoms with Crippen LogP contribution in [0, 0.1) is 25.2 Å². The summed E-state index contributed by atoms with van der Waals surface area (Å²) in [5.41, 5.74) is 4.03. The number of carbonyl (C=O) groups excluding carboxylic acids is 1. The third-order valence-electron chi connectivity index (χ3n) is 5.61. The van der Waals surface area contributed by atoms with E-state index < -0.39 is 5.41 Å². The van der Waals surface area contributed by atoms with E-state index in [0.29, 0.717) is 31.1 Å². The summed E-state index contributed by atoms with van der Waals surface area (Å²) in [6, 6.07) is 12.0. The minimum Gasteiger partial charge on any atom is -0.493 e. The van der Waals surface area contributed by atoms with Crippen LogP contribution in [-0.2, 0) is 32.0 Å². The van der Waals surface area contributed by atoms with E-state index in [1.807, 2.05) is 39.0 Å². The first-order valence-electron chi connectivity index (χ1n) is 12.0. The average molecular weight is 518 g/mol. The van der Waals surface area contributed by atoms with Crippen molar-refractivity contribution >= 4 is 23.4 Å². The Balaban J connectivity index is 1.96. The van der Waals surface area contributed by atoms with Crippen LogP contribution < -0.4 is 14.8 Å². The standard InChI is InChI=1S/C28H39NO6S/c1-19-8-9-21(12-20(19)2)13-23(16-33-26(30)28(3,4)5)17-34-27(36)29-15-22-10-11-24(35-18-31-6)25(14-22)32-7/h8-12,14,23H,13,15-18H2,1-7H3,(H,29,36). The van der Waals surface area contributed by atoms with Crippen molar-refractivity contribution in [2.45, 2.75) is 47.6 Å². The molecule has 0 aliphatic rings. The molecule has 0 amide bonds. The molecule has 0 aliphatic heterocycles. The third-order valence-corrected chi connectivity index (χ3v) is 5.87. The van der Waals surface area contributed by atoms with Crippen molar-refractivity contribution in [1.82, 2.24) is 5.32 Å². The Labute approximate surface area is 220 Å². The monoisotopic (exact) mass is 517 g/mol. The fourth-order valence-corrected chi connectivity index (χ4v) is 3.46. The quantitative estimate of drug-likeness (QED) is 0.236. The molecular weight excluding hydrogens is 478 g/mol. The number of benzene rings is 2. The highest BCUT2D eigenvalue weighted by atomic mass is 32.1. The fourth-order valence-electron chi connectivity index (χ4n) is 3.32. The normalized spacial score (nSPS) is 12.0. The van der Waals surface area contributed by atoms with Crippen molar-refractivity contribution in [2.75, 3.05) is 34.2 Å². The molecule has 1 unspecified atom stereocenters. The summed E-state index contributed by atoms with van der Waals surface area (Å²) in [4.78, 5) is 12.3. The predicted molar refractivity (Wildman–Crippen MR) is 144 cm³/mol. The van der Waals surface area contributed by atoms with Crippen LogP contribution >= 0.6 is 12.2 Å². The summed E-state index contributed by atoms with van der Waals surface area (Å²) < 4.78 is 27.3. The lowest BCUT2D eigenvalue weighted by Gasteiger charge is -2.22. The van der Waals surface area contributed by atoms with Gasteiger partial charge in [0.2, 0.25) is 0 Å². The van der Waals surface area contributed by atoms with Gasteiger partial charge in [0, 0.05) is 19.6 Å². The van der Waals surface area contributed by atoms with E-state index in [9.17, 15) is 4.79 Å². The summed E-state index contributed by atoms with van der Waals surface area (Å²) in [7, 11) is 3.15. The molecule has 0 heterocycles. The fraction of sp³-hybridized carbons (Fsp3) is 0.500. The van der Waals surface area contributed by atoms with Crippen LogP contribution in [0.15, 0.2) is 36.4 Å². The zero-order valence-electron chi connectivity index (χ0n) is 22.4. The minimum atomic E-state index is -0.562. The maximum absolute atomic E-state index is 12.3. The van der Waals surface area contributed by atoms with Crippen LogP contribution in [0.2, 0.25) is 0 Å². The molecule has 0 fully saturated rings. The topological polar surface area (TPSA) is 75.3 Å². The number of hydrogen-bond acceptors (Lipinski definition) is 7. The van der Waals surface area contributed by atoms with Gasteiger partial charge in [0.15, 0.2) is 18.3 Å². The molecule has 0 saturated carbocycles. The highest BCUT2D eigenvalue weighted by Crippen LogP contribution is 2.28. The van der Waals surface area contributed by atoms with Crippen LogP contribution in [0.3, 0.4) is 0 Å². The zero-order chi connectivity index (χ0) is 26.7. The lowest BCUT2D eigenvalue weighted by atomic mass is 9.96. The summed E-state index contributed by atoms with van der Waals surface area (Å²) in [5, 5.41) is 3.40. The highest BCUT2D eigenvalue weighted by molar-refractivity contribution is 7.80. The van der Waals surface area contributed by atoms with Crippen molar-refractivity contribution in [1.29, 1.82) is 0 Å². The molecule has 2 aromatic carbocycles. The molecular formula is C28H39NO6S. The van der Waals surface area contributed by atoms with E-state index in [4.69, 9.17) is 35.9 Å². The molecule has 0 radical (unpaired) electrons. The second-order valence-electron chi connectivity index (χ2n) is 9.83. The van der Waals surface area contributed by atoms with Gasteiger partial charge in [-0.1, -0.05) is 24.3 Å². The van der Waals surface area contributed by atoms with Crippen molar-refractivity contribution < 1.29 is 28.5 Å². The number of hydrogen-bond donors (Lipinski definition) is 1. The van der Waals surface area contributed by atoms with Gasteiger partial charge in [-0.15, -0.1) is 0 Å². The maximum atomic E-state index is 12.3. The largest absolute Gasteiger partial charge is 0.493 e. The van der Waals surface area contributed by atoms with Crippen LogP contribution in [0.5, 0.6) is 11.5 Å². The predicted octanol–water partition coefficient (Wildman–Crippen LogP) is 5.13. The second-order valence-corrected chi connectivity index (χ2v) is 10.2. The van der Waals surface area contributed by atoms with Crippen LogP contribution in [-0.4, -0.2) is 45.4 Å². The number of thiocarbonyl (C=S) groups is 1. The van der Waals surface area contributed by atoms with Crippen molar-refractivity contribution in [3.05, 3.63) is 58.7 Å². The number of carbonyl (C=O) groups is 1. The van der Waals surface area contributed by atoms with Gasteiger partial charge in [0.05, 0.1) is 25.7 Å². The van der Waals surface area contributed by atoms with Crippen molar-refractivity contribution in [3.8, 4) is 11.5 Å². The summed E-state index contributed by atoms with van der Waals surface area (Å²) >= 11 is 5.40. The second kappa shape index (κ2) is 14.0. The number of methoxy groups -OCH3 is 2. The molecule has 2 rings (SSSR count). The van der Waals surface area contributed by atoms with E-state index in [2.05, 4.69) is 37.4 Å². The Morgan fingerprint density at radius 1 is 0.944 bits per heavy atom. The Hall–Kier alpha value is -2.84. The van der Waals surface area contributed by atoms with Gasteiger partial charge < -0.3 is 29.0 Å². The van der Waals surface area contributed by atoms with Gasteiger partial charge in [0.25, 0.3) is 5.17 Å². The first-order valence-corrected chi connectivity index (χ1v) is 12.4. The van der Waals surface area contributed by atoms with Crippen LogP contribution in [0.25, 0.3) is 0 Å². The lowest BCUT2D eigenvalue weighted by Crippen LogP contribution is -2.30. The number of nitrogens with one attached hydrogen (secondary N) is 1. The van der Waals surface area contributed by atoms with Gasteiger partial charge >= 0.3 is 5.97 Å². The van der Waals surface area contributed by atoms with Crippen LogP contribution in [0.4, 0.5) is 0 Å². The highest BCUT2D eigenvalue weighted by Gasteiger charge is 2.25. The van der Waals surface area contributed by atoms with Gasteiger partial charge in [-0.2, -0.15) is 0 Å². The Morgan fingerprint density at radius 2 is 1.64 bits per heavy atom. The summed E-state index contributed by atoms with van der Waals surface area (Å²) in [6.07, 6.45) is 0.710. The van der Waals surface area contributed by atoms with Crippen molar-refractivity contribution in [3.63, 3.8) is 0 Å². The Morgan fingerprint density at radius 3 is 2.28 bits per heavy atom. The Bertz CT molecular complexity index is 1020. The Kier molecular flexibility index (Phi) is 11.5. The maximum Gasteiger partial charge on any atom is 0.311 e.